The van der Waals surface area contributed by atoms with Crippen molar-refractivity contribution in [3.05, 3.63) is 33.8 Å². The minimum atomic E-state index is 0.273. The van der Waals surface area contributed by atoms with E-state index in [-0.39, 0.29) is 6.04 Å². The monoisotopic (exact) mass is 246 g/mol. The third-order valence-corrected chi connectivity index (χ3v) is 2.98. The third-order valence-electron chi connectivity index (χ3n) is 2.24. The Morgan fingerprint density at radius 2 is 1.93 bits per heavy atom. The Bertz CT molecular complexity index is 326. The van der Waals surface area contributed by atoms with E-state index in [4.69, 9.17) is 23.2 Å². The average molecular weight is 247 g/mol. The molecule has 0 heterocycles. The first-order chi connectivity index (χ1) is 7.04. The van der Waals surface area contributed by atoms with Gasteiger partial charge in [-0.05, 0) is 38.8 Å². The van der Waals surface area contributed by atoms with E-state index in [1.54, 1.807) is 0 Å². The molecule has 0 amide bonds. The lowest BCUT2D eigenvalue weighted by Gasteiger charge is -2.21. The van der Waals surface area contributed by atoms with Gasteiger partial charge >= 0.3 is 0 Å². The van der Waals surface area contributed by atoms with Crippen LogP contribution in [-0.4, -0.2) is 32.6 Å². The van der Waals surface area contributed by atoms with Crippen molar-refractivity contribution in [1.29, 1.82) is 0 Å². The molecule has 84 valence electrons. The van der Waals surface area contributed by atoms with Crippen LogP contribution in [0.25, 0.3) is 0 Å². The molecule has 0 fully saturated rings. The maximum atomic E-state index is 5.98. The molecule has 1 aromatic carbocycles. The molecule has 0 saturated heterocycles. The molecule has 1 aromatic rings. The zero-order valence-corrected chi connectivity index (χ0v) is 10.7. The maximum absolute atomic E-state index is 5.98. The second-order valence-electron chi connectivity index (χ2n) is 3.78. The van der Waals surface area contributed by atoms with Crippen molar-refractivity contribution in [3.63, 3.8) is 0 Å². The van der Waals surface area contributed by atoms with E-state index in [0.717, 1.165) is 12.1 Å². The Morgan fingerprint density at radius 3 is 2.40 bits per heavy atom. The number of nitrogens with one attached hydrogen (secondary N) is 1. The lowest BCUT2D eigenvalue weighted by atomic mass is 10.1. The van der Waals surface area contributed by atoms with Crippen molar-refractivity contribution in [2.45, 2.75) is 6.04 Å². The molecule has 4 heteroatoms. The highest BCUT2D eigenvalue weighted by atomic mass is 35.5. The number of likely N-dealkylation sites (N-methyl/N-ethyl adjacent to an activating group) is 2. The standard InChI is InChI=1S/C11H16Cl2N2/c1-14-11(7-15(2)3)8-4-5-9(12)10(13)6-8/h4-6,11,14H,7H2,1-3H3. The van der Waals surface area contributed by atoms with Gasteiger partial charge in [-0.25, -0.2) is 0 Å². The summed E-state index contributed by atoms with van der Waals surface area (Å²) in [6.07, 6.45) is 0. The molecule has 1 unspecified atom stereocenters. The minimum Gasteiger partial charge on any atom is -0.312 e. The molecule has 0 spiro atoms. The summed E-state index contributed by atoms with van der Waals surface area (Å²) < 4.78 is 0. The summed E-state index contributed by atoms with van der Waals surface area (Å²) in [5, 5.41) is 4.46. The number of benzene rings is 1. The highest BCUT2D eigenvalue weighted by molar-refractivity contribution is 6.42. The summed E-state index contributed by atoms with van der Waals surface area (Å²) in [6, 6.07) is 6.02. The van der Waals surface area contributed by atoms with Crippen LogP contribution in [0.3, 0.4) is 0 Å². The van der Waals surface area contributed by atoms with Crippen LogP contribution in [0.1, 0.15) is 11.6 Å². The Morgan fingerprint density at radius 1 is 1.27 bits per heavy atom. The first-order valence-corrected chi connectivity index (χ1v) is 5.57. The molecule has 0 saturated carbocycles. The van der Waals surface area contributed by atoms with Crippen LogP contribution >= 0.6 is 23.2 Å². The third kappa shape index (κ3) is 3.65. The molecule has 15 heavy (non-hydrogen) atoms. The van der Waals surface area contributed by atoms with Crippen molar-refractivity contribution in [1.82, 2.24) is 10.2 Å². The SMILES string of the molecule is CNC(CN(C)C)c1ccc(Cl)c(Cl)c1. The van der Waals surface area contributed by atoms with Gasteiger partial charge in [0.15, 0.2) is 0 Å². The highest BCUT2D eigenvalue weighted by Crippen LogP contribution is 2.25. The molecule has 0 bridgehead atoms. The summed E-state index contributed by atoms with van der Waals surface area (Å²) in [7, 11) is 6.03. The molecule has 0 aliphatic heterocycles. The van der Waals surface area contributed by atoms with Gasteiger partial charge in [-0.15, -0.1) is 0 Å². The fraction of sp³-hybridized carbons (Fsp3) is 0.455. The summed E-state index contributed by atoms with van der Waals surface area (Å²) >= 11 is 11.8. The molecule has 1 atom stereocenters. The molecular weight excluding hydrogens is 231 g/mol. The summed E-state index contributed by atoms with van der Waals surface area (Å²) in [6.45, 7) is 0.925. The molecule has 1 rings (SSSR count). The Hall–Kier alpha value is -0.280. The van der Waals surface area contributed by atoms with Gasteiger partial charge in [0.1, 0.15) is 0 Å². The molecule has 2 nitrogen and oxygen atoms in total. The van der Waals surface area contributed by atoms with Crippen molar-refractivity contribution in [2.75, 3.05) is 27.7 Å². The Labute approximate surface area is 101 Å². The number of hydrogen-bond donors (Lipinski definition) is 1. The lowest BCUT2D eigenvalue weighted by Crippen LogP contribution is -2.28. The number of hydrogen-bond acceptors (Lipinski definition) is 2. The van der Waals surface area contributed by atoms with Crippen LogP contribution in [0, 0.1) is 0 Å². The first-order valence-electron chi connectivity index (χ1n) is 4.81. The van der Waals surface area contributed by atoms with Gasteiger partial charge in [0.05, 0.1) is 10.0 Å². The number of nitrogens with zero attached hydrogens (tertiary/aromatic N) is 1. The average Bonchev–Trinajstić information content (AvgIpc) is 2.18. The van der Waals surface area contributed by atoms with E-state index in [9.17, 15) is 0 Å². The van der Waals surface area contributed by atoms with Gasteiger partial charge in [-0.1, -0.05) is 29.3 Å². The fourth-order valence-corrected chi connectivity index (χ4v) is 1.76. The number of rotatable bonds is 4. The summed E-state index contributed by atoms with van der Waals surface area (Å²) in [5.41, 5.74) is 1.15. The second kappa shape index (κ2) is 5.71. The molecule has 0 radical (unpaired) electrons. The predicted molar refractivity (Wildman–Crippen MR) is 66.8 cm³/mol. The van der Waals surface area contributed by atoms with E-state index in [1.807, 2.05) is 39.3 Å². The molecule has 0 aliphatic rings. The molecule has 0 aliphatic carbocycles. The van der Waals surface area contributed by atoms with E-state index in [2.05, 4.69) is 10.2 Å². The first kappa shape index (κ1) is 12.8. The van der Waals surface area contributed by atoms with E-state index in [0.29, 0.717) is 10.0 Å². The van der Waals surface area contributed by atoms with Crippen LogP contribution in [0.4, 0.5) is 0 Å². The second-order valence-corrected chi connectivity index (χ2v) is 4.59. The lowest BCUT2D eigenvalue weighted by molar-refractivity contribution is 0.353. The van der Waals surface area contributed by atoms with E-state index >= 15 is 0 Å². The molecule has 1 N–H and O–H groups in total. The van der Waals surface area contributed by atoms with E-state index in [1.165, 1.54) is 0 Å². The quantitative estimate of drug-likeness (QED) is 0.880. The predicted octanol–water partition coefficient (Wildman–Crippen LogP) is 2.82. The zero-order valence-electron chi connectivity index (χ0n) is 9.22. The molecule has 0 aromatic heterocycles. The topological polar surface area (TPSA) is 15.3 Å². The van der Waals surface area contributed by atoms with Gasteiger partial charge in [0, 0.05) is 12.6 Å². The van der Waals surface area contributed by atoms with Gasteiger partial charge in [0.25, 0.3) is 0 Å². The Kier molecular flexibility index (Phi) is 4.87. The summed E-state index contributed by atoms with van der Waals surface area (Å²) in [5.74, 6) is 0. The smallest absolute Gasteiger partial charge is 0.0595 e. The van der Waals surface area contributed by atoms with Crippen LogP contribution in [0.2, 0.25) is 10.0 Å². The van der Waals surface area contributed by atoms with Crippen LogP contribution in [-0.2, 0) is 0 Å². The zero-order chi connectivity index (χ0) is 11.4. The summed E-state index contributed by atoms with van der Waals surface area (Å²) in [4.78, 5) is 2.13. The van der Waals surface area contributed by atoms with Crippen molar-refractivity contribution >= 4 is 23.2 Å². The highest BCUT2D eigenvalue weighted by Gasteiger charge is 2.11. The van der Waals surface area contributed by atoms with Crippen molar-refractivity contribution in [3.8, 4) is 0 Å². The van der Waals surface area contributed by atoms with Crippen LogP contribution in [0.15, 0.2) is 18.2 Å². The van der Waals surface area contributed by atoms with Crippen LogP contribution < -0.4 is 5.32 Å². The van der Waals surface area contributed by atoms with Gasteiger partial charge < -0.3 is 10.2 Å². The fourth-order valence-electron chi connectivity index (χ4n) is 1.46. The Balaban J connectivity index is 2.87. The largest absolute Gasteiger partial charge is 0.312 e. The van der Waals surface area contributed by atoms with Crippen molar-refractivity contribution in [2.24, 2.45) is 0 Å². The van der Waals surface area contributed by atoms with Crippen LogP contribution in [0.5, 0.6) is 0 Å². The van der Waals surface area contributed by atoms with Gasteiger partial charge in [0.2, 0.25) is 0 Å². The van der Waals surface area contributed by atoms with Gasteiger partial charge in [-0.3, -0.25) is 0 Å². The van der Waals surface area contributed by atoms with Crippen molar-refractivity contribution < 1.29 is 0 Å². The normalized spacial score (nSPS) is 13.2. The molecular formula is C11H16Cl2N2. The van der Waals surface area contributed by atoms with E-state index < -0.39 is 0 Å². The minimum absolute atomic E-state index is 0.273. The van der Waals surface area contributed by atoms with Gasteiger partial charge in [-0.2, -0.15) is 0 Å². The maximum Gasteiger partial charge on any atom is 0.0595 e. The number of halogens is 2.